The number of thioether (sulfide) groups is 1. The second-order valence-corrected chi connectivity index (χ2v) is 7.30. The van der Waals surface area contributed by atoms with Gasteiger partial charge < -0.3 is 10.1 Å². The van der Waals surface area contributed by atoms with Gasteiger partial charge in [0.05, 0.1) is 5.60 Å². The minimum Gasteiger partial charge on any atom is -0.374 e. The Hall–Kier alpha value is 0.270. The van der Waals surface area contributed by atoms with Crippen molar-refractivity contribution < 1.29 is 4.74 Å². The molecule has 1 N–H and O–H groups in total. The zero-order valence-corrected chi connectivity index (χ0v) is 11.7. The summed E-state index contributed by atoms with van der Waals surface area (Å²) in [4.78, 5) is 0. The Bertz CT molecular complexity index is 236. The van der Waals surface area contributed by atoms with Gasteiger partial charge >= 0.3 is 0 Å². The molecular formula is C13H25NOS. The van der Waals surface area contributed by atoms with Gasteiger partial charge in [0, 0.05) is 24.9 Å². The van der Waals surface area contributed by atoms with E-state index >= 15 is 0 Å². The highest BCUT2D eigenvalue weighted by molar-refractivity contribution is 7.99. The molecule has 2 nitrogen and oxygen atoms in total. The van der Waals surface area contributed by atoms with Gasteiger partial charge in [-0.25, -0.2) is 0 Å². The van der Waals surface area contributed by atoms with Crippen molar-refractivity contribution in [2.75, 3.05) is 24.7 Å². The van der Waals surface area contributed by atoms with Gasteiger partial charge in [0.2, 0.25) is 0 Å². The number of hydrogen-bond acceptors (Lipinski definition) is 3. The highest BCUT2D eigenvalue weighted by atomic mass is 32.2. The van der Waals surface area contributed by atoms with Crippen molar-refractivity contribution in [1.29, 1.82) is 0 Å². The van der Waals surface area contributed by atoms with E-state index in [0.717, 1.165) is 13.2 Å². The number of hydrogen-bond donors (Lipinski definition) is 1. The molecule has 0 amide bonds. The van der Waals surface area contributed by atoms with Crippen LogP contribution in [-0.4, -0.2) is 36.3 Å². The summed E-state index contributed by atoms with van der Waals surface area (Å²) in [5.41, 5.74) is 0.540. The predicted octanol–water partition coefficient (Wildman–Crippen LogP) is 2.68. The maximum Gasteiger partial charge on any atom is 0.0779 e. The molecule has 2 aliphatic rings. The lowest BCUT2D eigenvalue weighted by atomic mass is 9.82. The monoisotopic (exact) mass is 243 g/mol. The first-order valence-corrected chi connectivity index (χ1v) is 7.62. The molecule has 3 heteroatoms. The van der Waals surface area contributed by atoms with E-state index in [1.807, 2.05) is 0 Å². The van der Waals surface area contributed by atoms with E-state index in [-0.39, 0.29) is 5.60 Å². The molecule has 0 aromatic heterocycles. The summed E-state index contributed by atoms with van der Waals surface area (Å²) in [5, 5.41) is 3.75. The van der Waals surface area contributed by atoms with Crippen molar-refractivity contribution in [3.05, 3.63) is 0 Å². The third kappa shape index (κ3) is 2.93. The van der Waals surface area contributed by atoms with Gasteiger partial charge in [0.25, 0.3) is 0 Å². The van der Waals surface area contributed by atoms with Crippen LogP contribution >= 0.6 is 11.8 Å². The standard InChI is InChI=1S/C13H25NOS/c1-12(2)6-8-16-9-11(12)14-10-13(3)5-4-7-15-13/h11,14H,4-10H2,1-3H3. The normalized spacial score (nSPS) is 38.8. The van der Waals surface area contributed by atoms with Crippen LogP contribution in [0.1, 0.15) is 40.0 Å². The molecule has 0 aromatic rings. The van der Waals surface area contributed by atoms with Gasteiger partial charge in [-0.05, 0) is 37.4 Å². The van der Waals surface area contributed by atoms with Gasteiger partial charge in [-0.1, -0.05) is 13.8 Å². The first-order valence-electron chi connectivity index (χ1n) is 6.47. The van der Waals surface area contributed by atoms with E-state index in [1.165, 1.54) is 30.8 Å². The topological polar surface area (TPSA) is 21.3 Å². The van der Waals surface area contributed by atoms with Crippen LogP contribution in [0.2, 0.25) is 0 Å². The van der Waals surface area contributed by atoms with Crippen LogP contribution in [0.3, 0.4) is 0 Å². The van der Waals surface area contributed by atoms with Crippen LogP contribution in [0.4, 0.5) is 0 Å². The van der Waals surface area contributed by atoms with E-state index in [0.29, 0.717) is 11.5 Å². The third-order valence-corrected chi connectivity index (χ3v) is 5.20. The molecule has 2 fully saturated rings. The number of rotatable bonds is 3. The molecule has 2 unspecified atom stereocenters. The molecule has 0 saturated carbocycles. The zero-order valence-electron chi connectivity index (χ0n) is 10.8. The number of ether oxygens (including phenoxy) is 1. The minimum absolute atomic E-state index is 0.0954. The molecule has 2 aliphatic heterocycles. The third-order valence-electron chi connectivity index (χ3n) is 4.14. The van der Waals surface area contributed by atoms with E-state index in [4.69, 9.17) is 4.74 Å². The fourth-order valence-electron chi connectivity index (χ4n) is 2.59. The lowest BCUT2D eigenvalue weighted by molar-refractivity contribution is 0.0155. The SMILES string of the molecule is CC1(CNC2CSCCC2(C)C)CCCO1. The Morgan fingerprint density at radius 2 is 2.12 bits per heavy atom. The smallest absolute Gasteiger partial charge is 0.0779 e. The number of nitrogens with one attached hydrogen (secondary N) is 1. The van der Waals surface area contributed by atoms with Gasteiger partial charge in [0.1, 0.15) is 0 Å². The van der Waals surface area contributed by atoms with Gasteiger partial charge in [-0.3, -0.25) is 0 Å². The Balaban J connectivity index is 1.84. The molecule has 2 heterocycles. The van der Waals surface area contributed by atoms with E-state index < -0.39 is 0 Å². The van der Waals surface area contributed by atoms with Crippen LogP contribution in [0, 0.1) is 5.41 Å². The summed E-state index contributed by atoms with van der Waals surface area (Å²) in [7, 11) is 0. The Morgan fingerprint density at radius 3 is 2.75 bits per heavy atom. The molecule has 0 bridgehead atoms. The first kappa shape index (κ1) is 12.7. The maximum atomic E-state index is 5.83. The van der Waals surface area contributed by atoms with E-state index in [2.05, 4.69) is 37.8 Å². The van der Waals surface area contributed by atoms with Crippen molar-refractivity contribution in [2.24, 2.45) is 5.41 Å². The van der Waals surface area contributed by atoms with Crippen molar-refractivity contribution in [3.63, 3.8) is 0 Å². The maximum absolute atomic E-state index is 5.83. The molecular weight excluding hydrogens is 218 g/mol. The van der Waals surface area contributed by atoms with Gasteiger partial charge in [-0.2, -0.15) is 11.8 Å². The van der Waals surface area contributed by atoms with E-state index in [1.54, 1.807) is 0 Å². The van der Waals surface area contributed by atoms with Crippen LogP contribution in [0.5, 0.6) is 0 Å². The van der Waals surface area contributed by atoms with Crippen LogP contribution in [0.25, 0.3) is 0 Å². The summed E-state index contributed by atoms with van der Waals surface area (Å²) in [6.07, 6.45) is 3.76. The summed E-state index contributed by atoms with van der Waals surface area (Å²) in [6.45, 7) is 8.99. The minimum atomic E-state index is 0.0954. The molecule has 0 aromatic carbocycles. The fourth-order valence-corrected chi connectivity index (χ4v) is 4.23. The fraction of sp³-hybridized carbons (Fsp3) is 1.00. The molecule has 0 radical (unpaired) electrons. The first-order chi connectivity index (χ1) is 7.52. The molecule has 94 valence electrons. The Kier molecular flexibility index (Phi) is 3.87. The molecule has 0 aliphatic carbocycles. The van der Waals surface area contributed by atoms with Crippen molar-refractivity contribution in [2.45, 2.75) is 51.7 Å². The molecule has 16 heavy (non-hydrogen) atoms. The summed E-state index contributed by atoms with van der Waals surface area (Å²) >= 11 is 2.08. The van der Waals surface area contributed by atoms with Crippen molar-refractivity contribution in [1.82, 2.24) is 5.32 Å². The molecule has 2 atom stereocenters. The van der Waals surface area contributed by atoms with Crippen molar-refractivity contribution in [3.8, 4) is 0 Å². The zero-order chi connectivity index (χ0) is 11.6. The van der Waals surface area contributed by atoms with Crippen LogP contribution in [-0.2, 0) is 4.74 Å². The predicted molar refractivity (Wildman–Crippen MR) is 71.1 cm³/mol. The lowest BCUT2D eigenvalue weighted by Gasteiger charge is -2.40. The summed E-state index contributed by atoms with van der Waals surface area (Å²) in [5.74, 6) is 2.57. The average Bonchev–Trinajstić information content (AvgIpc) is 2.64. The quantitative estimate of drug-likeness (QED) is 0.823. The summed E-state index contributed by atoms with van der Waals surface area (Å²) < 4.78 is 5.83. The molecule has 0 spiro atoms. The lowest BCUT2D eigenvalue weighted by Crippen LogP contribution is -2.51. The second-order valence-electron chi connectivity index (χ2n) is 6.15. The van der Waals surface area contributed by atoms with E-state index in [9.17, 15) is 0 Å². The van der Waals surface area contributed by atoms with Gasteiger partial charge in [-0.15, -0.1) is 0 Å². The highest BCUT2D eigenvalue weighted by Gasteiger charge is 2.35. The highest BCUT2D eigenvalue weighted by Crippen LogP contribution is 2.34. The second kappa shape index (κ2) is 4.87. The molecule has 2 saturated heterocycles. The largest absolute Gasteiger partial charge is 0.374 e. The average molecular weight is 243 g/mol. The summed E-state index contributed by atoms with van der Waals surface area (Å²) in [6, 6.07) is 0.646. The van der Waals surface area contributed by atoms with Crippen LogP contribution in [0.15, 0.2) is 0 Å². The molecule has 2 rings (SSSR count). The Labute approximate surface area is 104 Å². The van der Waals surface area contributed by atoms with Gasteiger partial charge in [0.15, 0.2) is 0 Å². The van der Waals surface area contributed by atoms with Crippen LogP contribution < -0.4 is 5.32 Å². The Morgan fingerprint density at radius 1 is 1.31 bits per heavy atom. The van der Waals surface area contributed by atoms with Crippen molar-refractivity contribution >= 4 is 11.8 Å².